The number of aliphatic carboxylic acids is 1. The van der Waals surface area contributed by atoms with Crippen molar-refractivity contribution in [3.05, 3.63) is 0 Å². The van der Waals surface area contributed by atoms with Gasteiger partial charge in [0.15, 0.2) is 0 Å². The lowest BCUT2D eigenvalue weighted by atomic mass is 10.1. The molecule has 0 amide bonds. The summed E-state index contributed by atoms with van der Waals surface area (Å²) in [5, 5.41) is 12.0. The van der Waals surface area contributed by atoms with Gasteiger partial charge in [-0.3, -0.25) is 4.79 Å². The topological polar surface area (TPSA) is 49.3 Å². The van der Waals surface area contributed by atoms with Gasteiger partial charge in [0.25, 0.3) is 0 Å². The van der Waals surface area contributed by atoms with E-state index >= 15 is 0 Å². The van der Waals surface area contributed by atoms with Crippen molar-refractivity contribution in [2.24, 2.45) is 0 Å². The molecule has 0 aliphatic heterocycles. The third kappa shape index (κ3) is 8.75. The van der Waals surface area contributed by atoms with Gasteiger partial charge in [-0.15, -0.1) is 0 Å². The molecular formula is C11H23NO2S. The second-order valence-corrected chi connectivity index (χ2v) is 4.67. The van der Waals surface area contributed by atoms with Crippen LogP contribution in [0.2, 0.25) is 0 Å². The maximum atomic E-state index is 10.9. The molecule has 0 spiro atoms. The molecule has 0 saturated heterocycles. The van der Waals surface area contributed by atoms with E-state index in [1.54, 1.807) is 0 Å². The molecule has 0 aromatic carbocycles. The second kappa shape index (κ2) is 10.3. The zero-order chi connectivity index (χ0) is 11.5. The van der Waals surface area contributed by atoms with E-state index in [2.05, 4.69) is 18.5 Å². The van der Waals surface area contributed by atoms with E-state index in [4.69, 9.17) is 5.11 Å². The van der Waals surface area contributed by atoms with Crippen molar-refractivity contribution in [1.82, 2.24) is 5.32 Å². The van der Waals surface area contributed by atoms with Gasteiger partial charge in [-0.2, -0.15) is 11.8 Å². The smallest absolute Gasteiger partial charge is 0.320 e. The molecule has 1 unspecified atom stereocenters. The van der Waals surface area contributed by atoms with Crippen LogP contribution in [0.5, 0.6) is 0 Å². The van der Waals surface area contributed by atoms with Gasteiger partial charge in [-0.05, 0) is 37.8 Å². The summed E-state index contributed by atoms with van der Waals surface area (Å²) in [4.78, 5) is 10.9. The Morgan fingerprint density at radius 2 is 2.13 bits per heavy atom. The fourth-order valence-electron chi connectivity index (χ4n) is 1.37. The molecule has 0 rings (SSSR count). The Hall–Kier alpha value is -0.220. The summed E-state index contributed by atoms with van der Waals surface area (Å²) < 4.78 is 0. The maximum Gasteiger partial charge on any atom is 0.320 e. The third-order valence-corrected chi connectivity index (χ3v) is 3.01. The number of hydrogen-bond donors (Lipinski definition) is 2. The van der Waals surface area contributed by atoms with Crippen molar-refractivity contribution in [1.29, 1.82) is 0 Å². The highest BCUT2D eigenvalue weighted by Crippen LogP contribution is 2.02. The number of rotatable bonds is 10. The molecule has 0 fully saturated rings. The lowest BCUT2D eigenvalue weighted by Crippen LogP contribution is -2.37. The first-order valence-corrected chi connectivity index (χ1v) is 7.06. The summed E-state index contributed by atoms with van der Waals surface area (Å²) in [7, 11) is 0. The predicted octanol–water partition coefficient (Wildman–Crippen LogP) is 2.36. The molecular weight excluding hydrogens is 210 g/mol. The molecule has 0 heterocycles. The van der Waals surface area contributed by atoms with Gasteiger partial charge in [0, 0.05) is 0 Å². The number of hydrogen-bond acceptors (Lipinski definition) is 3. The lowest BCUT2D eigenvalue weighted by molar-refractivity contribution is -0.139. The van der Waals surface area contributed by atoms with Gasteiger partial charge in [-0.25, -0.2) is 0 Å². The van der Waals surface area contributed by atoms with E-state index < -0.39 is 5.97 Å². The number of thioether (sulfide) groups is 1. The minimum Gasteiger partial charge on any atom is -0.480 e. The van der Waals surface area contributed by atoms with E-state index in [0.29, 0.717) is 0 Å². The molecule has 0 bridgehead atoms. The predicted molar refractivity (Wildman–Crippen MR) is 66.6 cm³/mol. The number of carboxylic acids is 1. The molecule has 0 aliphatic rings. The summed E-state index contributed by atoms with van der Waals surface area (Å²) in [6.45, 7) is 2.90. The van der Waals surface area contributed by atoms with E-state index in [0.717, 1.165) is 44.4 Å². The molecule has 0 radical (unpaired) electrons. The molecule has 1 atom stereocenters. The number of carboxylic acid groups (broad SMARTS) is 1. The molecule has 15 heavy (non-hydrogen) atoms. The van der Waals surface area contributed by atoms with Gasteiger partial charge < -0.3 is 10.4 Å². The van der Waals surface area contributed by atoms with Crippen molar-refractivity contribution < 1.29 is 9.90 Å². The monoisotopic (exact) mass is 233 g/mol. The quantitative estimate of drug-likeness (QED) is 0.569. The maximum absolute atomic E-state index is 10.9. The van der Waals surface area contributed by atoms with Crippen LogP contribution in [0.15, 0.2) is 0 Å². The van der Waals surface area contributed by atoms with E-state index in [-0.39, 0.29) is 6.04 Å². The minimum atomic E-state index is -0.715. The van der Waals surface area contributed by atoms with Crippen molar-refractivity contribution in [3.8, 4) is 0 Å². The van der Waals surface area contributed by atoms with Crippen molar-refractivity contribution in [2.45, 2.75) is 45.1 Å². The Balaban J connectivity index is 3.53. The van der Waals surface area contributed by atoms with Gasteiger partial charge in [0.2, 0.25) is 0 Å². The molecule has 2 N–H and O–H groups in total. The molecule has 4 heteroatoms. The van der Waals surface area contributed by atoms with Crippen LogP contribution < -0.4 is 5.32 Å². The Bertz CT molecular complexity index is 165. The zero-order valence-corrected chi connectivity index (χ0v) is 10.6. The Labute approximate surface area is 97.0 Å². The molecule has 90 valence electrons. The fourth-order valence-corrected chi connectivity index (χ4v) is 1.86. The van der Waals surface area contributed by atoms with E-state index in [1.165, 1.54) is 0 Å². The second-order valence-electron chi connectivity index (χ2n) is 3.69. The Morgan fingerprint density at radius 3 is 2.67 bits per heavy atom. The van der Waals surface area contributed by atoms with Crippen molar-refractivity contribution >= 4 is 17.7 Å². The highest BCUT2D eigenvalue weighted by molar-refractivity contribution is 7.98. The number of nitrogens with one attached hydrogen (secondary N) is 1. The largest absolute Gasteiger partial charge is 0.480 e. The Kier molecular flexibility index (Phi) is 10.2. The van der Waals surface area contributed by atoms with Crippen LogP contribution in [0.25, 0.3) is 0 Å². The van der Waals surface area contributed by atoms with Crippen LogP contribution in [-0.2, 0) is 4.79 Å². The van der Waals surface area contributed by atoms with E-state index in [9.17, 15) is 4.79 Å². The first-order chi connectivity index (χ1) is 7.22. The van der Waals surface area contributed by atoms with Crippen LogP contribution in [0.4, 0.5) is 0 Å². The van der Waals surface area contributed by atoms with Gasteiger partial charge in [0.1, 0.15) is 6.04 Å². The summed E-state index contributed by atoms with van der Waals surface area (Å²) in [6, 6.07) is -0.348. The van der Waals surface area contributed by atoms with Gasteiger partial charge in [0.05, 0.1) is 0 Å². The SMILES string of the molecule is CCCCC(NCCCCSC)C(=O)O. The summed E-state index contributed by atoms with van der Waals surface area (Å²) in [6.07, 6.45) is 7.10. The molecule has 0 saturated carbocycles. The Morgan fingerprint density at radius 1 is 1.40 bits per heavy atom. The van der Waals surface area contributed by atoms with Crippen LogP contribution in [0.1, 0.15) is 39.0 Å². The highest BCUT2D eigenvalue weighted by Gasteiger charge is 2.14. The van der Waals surface area contributed by atoms with E-state index in [1.807, 2.05) is 11.8 Å². The van der Waals surface area contributed by atoms with Crippen LogP contribution in [-0.4, -0.2) is 35.7 Å². The third-order valence-electron chi connectivity index (χ3n) is 2.31. The molecule has 3 nitrogen and oxygen atoms in total. The lowest BCUT2D eigenvalue weighted by Gasteiger charge is -2.13. The summed E-state index contributed by atoms with van der Waals surface area (Å²) in [5.74, 6) is 0.447. The highest BCUT2D eigenvalue weighted by atomic mass is 32.2. The molecule has 0 aliphatic carbocycles. The van der Waals surface area contributed by atoms with Crippen LogP contribution in [0.3, 0.4) is 0 Å². The van der Waals surface area contributed by atoms with Crippen molar-refractivity contribution in [3.63, 3.8) is 0 Å². The average molecular weight is 233 g/mol. The molecule has 0 aromatic heterocycles. The number of carbonyl (C=O) groups is 1. The summed E-state index contributed by atoms with van der Waals surface area (Å²) >= 11 is 1.84. The standard InChI is InChI=1S/C11H23NO2S/c1-3-4-7-10(11(13)14)12-8-5-6-9-15-2/h10,12H,3-9H2,1-2H3,(H,13,14). The van der Waals surface area contributed by atoms with Gasteiger partial charge in [-0.1, -0.05) is 19.8 Å². The van der Waals surface area contributed by atoms with Gasteiger partial charge >= 0.3 is 5.97 Å². The first-order valence-electron chi connectivity index (χ1n) is 5.67. The first kappa shape index (κ1) is 14.8. The zero-order valence-electron chi connectivity index (χ0n) is 9.79. The normalized spacial score (nSPS) is 12.7. The van der Waals surface area contributed by atoms with Crippen molar-refractivity contribution in [2.75, 3.05) is 18.6 Å². The fraction of sp³-hybridized carbons (Fsp3) is 0.909. The number of unbranched alkanes of at least 4 members (excludes halogenated alkanes) is 2. The summed E-state index contributed by atoms with van der Waals surface area (Å²) in [5.41, 5.74) is 0. The average Bonchev–Trinajstić information content (AvgIpc) is 2.21. The molecule has 0 aromatic rings. The van der Waals surface area contributed by atoms with Crippen LogP contribution in [0, 0.1) is 0 Å². The van der Waals surface area contributed by atoms with Crippen LogP contribution >= 0.6 is 11.8 Å². The minimum absolute atomic E-state index is 0.348.